The molecular weight excluding hydrogens is 255 g/mol. The van der Waals surface area contributed by atoms with Crippen LogP contribution in [0.5, 0.6) is 0 Å². The third-order valence-electron chi connectivity index (χ3n) is 3.30. The van der Waals surface area contributed by atoms with E-state index in [1.807, 2.05) is 7.05 Å². The highest BCUT2D eigenvalue weighted by Gasteiger charge is 2.25. The number of piperidine rings is 1. The number of hydrogen-bond donors (Lipinski definition) is 1. The number of amides is 1. The van der Waals surface area contributed by atoms with Crippen molar-refractivity contribution in [1.29, 1.82) is 0 Å². The van der Waals surface area contributed by atoms with Gasteiger partial charge >= 0.3 is 0 Å². The summed E-state index contributed by atoms with van der Waals surface area (Å²) in [4.78, 5) is 14.0. The molecule has 1 aliphatic heterocycles. The number of nitrogens with zero attached hydrogens (tertiary/aromatic N) is 1. The molecule has 1 aromatic rings. The molecule has 1 aromatic carbocycles. The van der Waals surface area contributed by atoms with Gasteiger partial charge in [0.1, 0.15) is 5.82 Å². The predicted molar refractivity (Wildman–Crippen MR) is 69.4 cm³/mol. The Morgan fingerprint density at radius 2 is 2.33 bits per heavy atom. The zero-order chi connectivity index (χ0) is 13.1. The van der Waals surface area contributed by atoms with Gasteiger partial charge in [-0.25, -0.2) is 4.39 Å². The standard InChI is InChI=1S/C13H16ClFN2O/c1-16-9-4-3-7-17(8-9)13(18)10-5-2-6-11(15)12(10)14/h2,5-6,9,16H,3-4,7-8H2,1H3. The number of halogens is 2. The fourth-order valence-corrected chi connectivity index (χ4v) is 2.44. The summed E-state index contributed by atoms with van der Waals surface area (Å²) in [5.74, 6) is -0.746. The van der Waals surface area contributed by atoms with Gasteiger partial charge in [0.15, 0.2) is 0 Å². The molecule has 0 aromatic heterocycles. The molecule has 1 fully saturated rings. The third kappa shape index (κ3) is 2.65. The van der Waals surface area contributed by atoms with Crippen molar-refractivity contribution in [2.24, 2.45) is 0 Å². The van der Waals surface area contributed by atoms with Crippen molar-refractivity contribution in [2.45, 2.75) is 18.9 Å². The van der Waals surface area contributed by atoms with Gasteiger partial charge in [0.2, 0.25) is 0 Å². The quantitative estimate of drug-likeness (QED) is 0.894. The van der Waals surface area contributed by atoms with Crippen LogP contribution in [0.25, 0.3) is 0 Å². The third-order valence-corrected chi connectivity index (χ3v) is 3.68. The van der Waals surface area contributed by atoms with E-state index >= 15 is 0 Å². The molecule has 1 aliphatic rings. The molecule has 1 atom stereocenters. The van der Waals surface area contributed by atoms with Crippen LogP contribution in [-0.2, 0) is 0 Å². The number of likely N-dealkylation sites (tertiary alicyclic amines) is 1. The van der Waals surface area contributed by atoms with Crippen LogP contribution < -0.4 is 5.32 Å². The lowest BCUT2D eigenvalue weighted by atomic mass is 10.0. The normalized spacial score (nSPS) is 19.9. The minimum Gasteiger partial charge on any atom is -0.337 e. The van der Waals surface area contributed by atoms with Crippen LogP contribution in [0, 0.1) is 5.82 Å². The molecule has 0 spiro atoms. The average Bonchev–Trinajstić information content (AvgIpc) is 2.41. The topological polar surface area (TPSA) is 32.3 Å². The van der Waals surface area contributed by atoms with Gasteiger partial charge in [-0.3, -0.25) is 4.79 Å². The summed E-state index contributed by atoms with van der Waals surface area (Å²) in [6.45, 7) is 1.34. The SMILES string of the molecule is CNC1CCCN(C(=O)c2cccc(F)c2Cl)C1. The van der Waals surface area contributed by atoms with Gasteiger partial charge in [-0.15, -0.1) is 0 Å². The molecule has 1 amide bonds. The maximum absolute atomic E-state index is 13.3. The van der Waals surface area contributed by atoms with Crippen molar-refractivity contribution >= 4 is 17.5 Å². The molecule has 98 valence electrons. The number of carbonyl (C=O) groups excluding carboxylic acids is 1. The second-order valence-corrected chi connectivity index (χ2v) is 4.86. The molecule has 2 rings (SSSR count). The molecule has 1 unspecified atom stereocenters. The number of likely N-dealkylation sites (N-methyl/N-ethyl adjacent to an activating group) is 1. The molecule has 0 radical (unpaired) electrons. The maximum atomic E-state index is 13.3. The predicted octanol–water partition coefficient (Wildman–Crippen LogP) is 2.30. The Balaban J connectivity index is 2.18. The van der Waals surface area contributed by atoms with Crippen molar-refractivity contribution < 1.29 is 9.18 Å². The van der Waals surface area contributed by atoms with Crippen LogP contribution in [0.4, 0.5) is 4.39 Å². The minimum atomic E-state index is -0.551. The lowest BCUT2D eigenvalue weighted by molar-refractivity contribution is 0.0698. The van der Waals surface area contributed by atoms with Crippen molar-refractivity contribution in [2.75, 3.05) is 20.1 Å². The molecule has 1 heterocycles. The number of hydrogen-bond acceptors (Lipinski definition) is 2. The van der Waals surface area contributed by atoms with Crippen LogP contribution in [0.2, 0.25) is 5.02 Å². The summed E-state index contributed by atoms with van der Waals surface area (Å²) < 4.78 is 13.3. The summed E-state index contributed by atoms with van der Waals surface area (Å²) >= 11 is 5.84. The lowest BCUT2D eigenvalue weighted by Crippen LogP contribution is -2.47. The van der Waals surface area contributed by atoms with E-state index in [1.165, 1.54) is 12.1 Å². The molecule has 18 heavy (non-hydrogen) atoms. The van der Waals surface area contributed by atoms with E-state index in [2.05, 4.69) is 5.32 Å². The van der Waals surface area contributed by atoms with Gasteiger partial charge in [-0.1, -0.05) is 17.7 Å². The summed E-state index contributed by atoms with van der Waals surface area (Å²) in [6.07, 6.45) is 2.00. The average molecular weight is 271 g/mol. The zero-order valence-electron chi connectivity index (χ0n) is 10.2. The Hall–Kier alpha value is -1.13. The van der Waals surface area contributed by atoms with Crippen molar-refractivity contribution in [1.82, 2.24) is 10.2 Å². The fraction of sp³-hybridized carbons (Fsp3) is 0.462. The van der Waals surface area contributed by atoms with Gasteiger partial charge in [0, 0.05) is 19.1 Å². The van der Waals surface area contributed by atoms with E-state index in [-0.39, 0.29) is 16.5 Å². The first-order chi connectivity index (χ1) is 8.63. The minimum absolute atomic E-state index is 0.0888. The molecule has 1 N–H and O–H groups in total. The van der Waals surface area contributed by atoms with Gasteiger partial charge in [-0.2, -0.15) is 0 Å². The monoisotopic (exact) mass is 270 g/mol. The summed E-state index contributed by atoms with van der Waals surface area (Å²) in [6, 6.07) is 4.63. The van der Waals surface area contributed by atoms with Crippen LogP contribution in [0.15, 0.2) is 18.2 Å². The zero-order valence-corrected chi connectivity index (χ0v) is 11.0. The summed E-state index contributed by atoms with van der Waals surface area (Å²) in [5.41, 5.74) is 0.244. The van der Waals surface area contributed by atoms with Crippen LogP contribution in [-0.4, -0.2) is 37.0 Å². The molecular formula is C13H16ClFN2O. The second-order valence-electron chi connectivity index (χ2n) is 4.48. The Morgan fingerprint density at radius 1 is 1.56 bits per heavy atom. The van der Waals surface area contributed by atoms with Gasteiger partial charge in [0.05, 0.1) is 10.6 Å². The highest BCUT2D eigenvalue weighted by molar-refractivity contribution is 6.34. The molecule has 0 saturated carbocycles. The first-order valence-electron chi connectivity index (χ1n) is 6.04. The van der Waals surface area contributed by atoms with Crippen molar-refractivity contribution in [3.05, 3.63) is 34.6 Å². The smallest absolute Gasteiger partial charge is 0.255 e. The first-order valence-corrected chi connectivity index (χ1v) is 6.42. The first kappa shape index (κ1) is 13.3. The fourth-order valence-electron chi connectivity index (χ4n) is 2.24. The Labute approximate surface area is 111 Å². The second kappa shape index (κ2) is 5.67. The van der Waals surface area contributed by atoms with Gasteiger partial charge in [-0.05, 0) is 32.0 Å². The molecule has 1 saturated heterocycles. The van der Waals surface area contributed by atoms with E-state index in [9.17, 15) is 9.18 Å². The maximum Gasteiger partial charge on any atom is 0.255 e. The van der Waals surface area contributed by atoms with E-state index in [4.69, 9.17) is 11.6 Å². The number of benzene rings is 1. The Kier molecular flexibility index (Phi) is 4.19. The van der Waals surface area contributed by atoms with Crippen molar-refractivity contribution in [3.63, 3.8) is 0 Å². The highest BCUT2D eigenvalue weighted by atomic mass is 35.5. The van der Waals surface area contributed by atoms with Gasteiger partial charge in [0.25, 0.3) is 5.91 Å². The molecule has 3 nitrogen and oxygen atoms in total. The van der Waals surface area contributed by atoms with E-state index < -0.39 is 5.82 Å². The van der Waals surface area contributed by atoms with Crippen LogP contribution in [0.3, 0.4) is 0 Å². The van der Waals surface area contributed by atoms with E-state index in [0.717, 1.165) is 12.8 Å². The largest absolute Gasteiger partial charge is 0.337 e. The Bertz CT molecular complexity index is 453. The van der Waals surface area contributed by atoms with Crippen LogP contribution >= 0.6 is 11.6 Å². The molecule has 0 aliphatic carbocycles. The Morgan fingerprint density at radius 3 is 3.06 bits per heavy atom. The van der Waals surface area contributed by atoms with Crippen LogP contribution in [0.1, 0.15) is 23.2 Å². The number of carbonyl (C=O) groups is 1. The number of rotatable bonds is 2. The van der Waals surface area contributed by atoms with E-state index in [0.29, 0.717) is 19.1 Å². The van der Waals surface area contributed by atoms with Crippen molar-refractivity contribution in [3.8, 4) is 0 Å². The molecule has 0 bridgehead atoms. The van der Waals surface area contributed by atoms with E-state index in [1.54, 1.807) is 11.0 Å². The summed E-state index contributed by atoms with van der Waals surface area (Å²) in [7, 11) is 1.88. The lowest BCUT2D eigenvalue weighted by Gasteiger charge is -2.32. The highest BCUT2D eigenvalue weighted by Crippen LogP contribution is 2.22. The summed E-state index contributed by atoms with van der Waals surface area (Å²) in [5, 5.41) is 3.08. The number of nitrogens with one attached hydrogen (secondary N) is 1. The van der Waals surface area contributed by atoms with Gasteiger partial charge < -0.3 is 10.2 Å². The molecule has 5 heteroatoms.